The summed E-state index contributed by atoms with van der Waals surface area (Å²) in [6.07, 6.45) is 0. The van der Waals surface area contributed by atoms with E-state index in [1.807, 2.05) is 6.92 Å². The van der Waals surface area contributed by atoms with Gasteiger partial charge in [0.05, 0.1) is 10.0 Å². The van der Waals surface area contributed by atoms with E-state index >= 15 is 0 Å². The van der Waals surface area contributed by atoms with Crippen molar-refractivity contribution in [2.75, 3.05) is 0 Å². The molecule has 0 radical (unpaired) electrons. The maximum absolute atomic E-state index is 6.10. The Morgan fingerprint density at radius 2 is 1.94 bits per heavy atom. The van der Waals surface area contributed by atoms with Gasteiger partial charge in [-0.3, -0.25) is 0 Å². The molecule has 0 spiro atoms. The Kier molecular flexibility index (Phi) is 3.19. The minimum atomic E-state index is 0.340. The molecule has 1 heterocycles. The first-order valence-corrected chi connectivity index (χ1v) is 5.50. The van der Waals surface area contributed by atoms with Crippen LogP contribution in [0.5, 0.6) is 0 Å². The van der Waals surface area contributed by atoms with Crippen LogP contribution in [0, 0.1) is 6.92 Å². The summed E-state index contributed by atoms with van der Waals surface area (Å²) >= 11 is 12.2. The monoisotopic (exact) mass is 256 g/mol. The number of rotatable bonds is 2. The zero-order valence-electron chi connectivity index (χ0n) is 8.63. The number of hydrogen-bond donors (Lipinski definition) is 1. The third-order valence-corrected chi connectivity index (χ3v) is 3.02. The van der Waals surface area contributed by atoms with Crippen LogP contribution in [0.4, 0.5) is 0 Å². The Morgan fingerprint density at radius 1 is 1.31 bits per heavy atom. The van der Waals surface area contributed by atoms with Gasteiger partial charge in [0.15, 0.2) is 0 Å². The van der Waals surface area contributed by atoms with E-state index in [4.69, 9.17) is 33.5 Å². The molecule has 0 aliphatic heterocycles. The predicted octanol–water partition coefficient (Wildman–Crippen LogP) is 3.42. The van der Waals surface area contributed by atoms with Crippen molar-refractivity contribution >= 4 is 23.2 Å². The molecule has 3 nitrogen and oxygen atoms in total. The second kappa shape index (κ2) is 4.45. The van der Waals surface area contributed by atoms with Gasteiger partial charge in [0, 0.05) is 17.7 Å². The van der Waals surface area contributed by atoms with Crippen molar-refractivity contribution in [3.05, 3.63) is 39.6 Å². The molecule has 0 unspecified atom stereocenters. The van der Waals surface area contributed by atoms with E-state index in [1.54, 1.807) is 18.2 Å². The summed E-state index contributed by atoms with van der Waals surface area (Å²) in [6, 6.07) is 5.30. The van der Waals surface area contributed by atoms with Crippen molar-refractivity contribution < 1.29 is 4.52 Å². The summed E-state index contributed by atoms with van der Waals surface area (Å²) < 4.78 is 5.10. The molecule has 5 heteroatoms. The zero-order valence-corrected chi connectivity index (χ0v) is 10.1. The highest BCUT2D eigenvalue weighted by Crippen LogP contribution is 2.36. The van der Waals surface area contributed by atoms with Gasteiger partial charge in [0.2, 0.25) is 0 Å². The van der Waals surface area contributed by atoms with Crippen LogP contribution in [0.2, 0.25) is 10.0 Å². The van der Waals surface area contributed by atoms with Crippen molar-refractivity contribution in [2.45, 2.75) is 13.5 Å². The van der Waals surface area contributed by atoms with Gasteiger partial charge >= 0.3 is 0 Å². The highest BCUT2D eigenvalue weighted by atomic mass is 35.5. The fraction of sp³-hybridized carbons (Fsp3) is 0.182. The molecule has 0 aliphatic rings. The molecule has 0 aliphatic carbocycles. The van der Waals surface area contributed by atoms with Crippen LogP contribution >= 0.6 is 23.2 Å². The van der Waals surface area contributed by atoms with Crippen LogP contribution in [-0.2, 0) is 6.54 Å². The average Bonchev–Trinajstić information content (AvgIpc) is 2.59. The van der Waals surface area contributed by atoms with Crippen LogP contribution < -0.4 is 5.73 Å². The number of nitrogens with zero attached hydrogens (tertiary/aromatic N) is 1. The van der Waals surface area contributed by atoms with Crippen LogP contribution in [-0.4, -0.2) is 5.16 Å². The molecular weight excluding hydrogens is 247 g/mol. The normalized spacial score (nSPS) is 10.8. The van der Waals surface area contributed by atoms with E-state index in [2.05, 4.69) is 5.16 Å². The fourth-order valence-corrected chi connectivity index (χ4v) is 2.13. The van der Waals surface area contributed by atoms with E-state index in [0.29, 0.717) is 33.6 Å². The zero-order chi connectivity index (χ0) is 11.7. The summed E-state index contributed by atoms with van der Waals surface area (Å²) in [6.45, 7) is 2.15. The summed E-state index contributed by atoms with van der Waals surface area (Å²) in [5.74, 6) is 0.688. The van der Waals surface area contributed by atoms with Crippen LogP contribution in [0.15, 0.2) is 22.7 Å². The molecule has 0 saturated heterocycles. The van der Waals surface area contributed by atoms with E-state index in [9.17, 15) is 0 Å². The quantitative estimate of drug-likeness (QED) is 0.896. The van der Waals surface area contributed by atoms with E-state index in [1.165, 1.54) is 0 Å². The number of nitrogens with two attached hydrogens (primary N) is 1. The Balaban J connectivity index is 2.67. The second-order valence-corrected chi connectivity index (χ2v) is 4.18. The SMILES string of the molecule is Cc1onc(-c2c(Cl)cccc2Cl)c1CN. The molecule has 1 aromatic carbocycles. The molecule has 2 rings (SSSR count). The van der Waals surface area contributed by atoms with Crippen LogP contribution in [0.3, 0.4) is 0 Å². The van der Waals surface area contributed by atoms with Crippen molar-refractivity contribution in [3.8, 4) is 11.3 Å². The predicted molar refractivity (Wildman–Crippen MR) is 64.6 cm³/mol. The molecule has 1 aromatic heterocycles. The van der Waals surface area contributed by atoms with Crippen molar-refractivity contribution in [1.29, 1.82) is 0 Å². The third-order valence-electron chi connectivity index (χ3n) is 2.39. The van der Waals surface area contributed by atoms with Gasteiger partial charge in [-0.05, 0) is 19.1 Å². The minimum absolute atomic E-state index is 0.340. The largest absolute Gasteiger partial charge is 0.361 e. The summed E-state index contributed by atoms with van der Waals surface area (Å²) in [5, 5.41) is 5.03. The first-order chi connectivity index (χ1) is 7.65. The smallest absolute Gasteiger partial charge is 0.138 e. The standard InChI is InChI=1S/C11H10Cl2N2O/c1-6-7(5-14)11(15-16-6)10-8(12)3-2-4-9(10)13/h2-4H,5,14H2,1H3. The number of aromatic nitrogens is 1. The van der Waals surface area contributed by atoms with Gasteiger partial charge in [-0.2, -0.15) is 0 Å². The lowest BCUT2D eigenvalue weighted by Crippen LogP contribution is -1.99. The summed E-state index contributed by atoms with van der Waals surface area (Å²) in [7, 11) is 0. The molecule has 84 valence electrons. The Hall–Kier alpha value is -1.03. The first-order valence-electron chi connectivity index (χ1n) is 4.74. The minimum Gasteiger partial charge on any atom is -0.361 e. The highest BCUT2D eigenvalue weighted by molar-refractivity contribution is 6.39. The number of halogens is 2. The Bertz CT molecular complexity index is 502. The molecule has 0 fully saturated rings. The molecular formula is C11H10Cl2N2O. The second-order valence-electron chi connectivity index (χ2n) is 3.37. The van der Waals surface area contributed by atoms with Crippen LogP contribution in [0.25, 0.3) is 11.3 Å². The Morgan fingerprint density at radius 3 is 2.50 bits per heavy atom. The van der Waals surface area contributed by atoms with Gasteiger partial charge in [-0.1, -0.05) is 34.4 Å². The number of hydrogen-bond acceptors (Lipinski definition) is 3. The van der Waals surface area contributed by atoms with Gasteiger partial charge < -0.3 is 10.3 Å². The molecule has 0 bridgehead atoms. The number of aryl methyl sites for hydroxylation is 1. The highest BCUT2D eigenvalue weighted by Gasteiger charge is 2.18. The molecule has 0 saturated carbocycles. The topological polar surface area (TPSA) is 52.0 Å². The summed E-state index contributed by atoms with van der Waals surface area (Å²) in [5.41, 5.74) is 7.77. The van der Waals surface area contributed by atoms with Crippen molar-refractivity contribution in [1.82, 2.24) is 5.16 Å². The maximum Gasteiger partial charge on any atom is 0.138 e. The van der Waals surface area contributed by atoms with E-state index in [0.717, 1.165) is 5.56 Å². The lowest BCUT2D eigenvalue weighted by molar-refractivity contribution is 0.398. The van der Waals surface area contributed by atoms with Gasteiger partial charge in [0.1, 0.15) is 11.5 Å². The molecule has 16 heavy (non-hydrogen) atoms. The lowest BCUT2D eigenvalue weighted by Gasteiger charge is -2.04. The van der Waals surface area contributed by atoms with Gasteiger partial charge in [0.25, 0.3) is 0 Å². The lowest BCUT2D eigenvalue weighted by atomic mass is 10.1. The first kappa shape index (κ1) is 11.5. The number of benzene rings is 1. The van der Waals surface area contributed by atoms with Crippen molar-refractivity contribution in [3.63, 3.8) is 0 Å². The molecule has 0 atom stereocenters. The van der Waals surface area contributed by atoms with E-state index in [-0.39, 0.29) is 0 Å². The molecule has 0 amide bonds. The fourth-order valence-electron chi connectivity index (χ4n) is 1.55. The van der Waals surface area contributed by atoms with Crippen molar-refractivity contribution in [2.24, 2.45) is 5.73 Å². The van der Waals surface area contributed by atoms with Gasteiger partial charge in [-0.25, -0.2) is 0 Å². The van der Waals surface area contributed by atoms with E-state index < -0.39 is 0 Å². The third kappa shape index (κ3) is 1.82. The average molecular weight is 257 g/mol. The summed E-state index contributed by atoms with van der Waals surface area (Å²) in [4.78, 5) is 0. The molecule has 2 aromatic rings. The Labute approximate surface area is 103 Å². The van der Waals surface area contributed by atoms with Gasteiger partial charge in [-0.15, -0.1) is 0 Å². The van der Waals surface area contributed by atoms with Crippen LogP contribution in [0.1, 0.15) is 11.3 Å². The maximum atomic E-state index is 6.10. The molecule has 2 N–H and O–H groups in total.